The van der Waals surface area contributed by atoms with Gasteiger partial charge in [0.05, 0.1) is 12.3 Å². The third-order valence-corrected chi connectivity index (χ3v) is 4.85. The van der Waals surface area contributed by atoms with Gasteiger partial charge in [0, 0.05) is 24.9 Å². The third kappa shape index (κ3) is 8.39. The zero-order chi connectivity index (χ0) is 21.1. The normalized spacial score (nSPS) is 11.7. The molecule has 0 saturated carbocycles. The molecule has 156 valence electrons. The SMILES string of the molecule is C=CCOc1ccccc1CNC(=NCc1ccc(CS(C)(=O)=O)cc1)NCC. The number of rotatable bonds is 10. The van der Waals surface area contributed by atoms with Crippen molar-refractivity contribution in [1.29, 1.82) is 0 Å². The van der Waals surface area contributed by atoms with Gasteiger partial charge >= 0.3 is 0 Å². The van der Waals surface area contributed by atoms with Crippen LogP contribution in [-0.2, 0) is 28.7 Å². The Hall–Kier alpha value is -2.80. The van der Waals surface area contributed by atoms with Crippen molar-refractivity contribution in [3.05, 3.63) is 77.9 Å². The minimum Gasteiger partial charge on any atom is -0.489 e. The fourth-order valence-corrected chi connectivity index (χ4v) is 3.47. The van der Waals surface area contributed by atoms with Crippen LogP contribution in [0.4, 0.5) is 0 Å². The Morgan fingerprint density at radius 2 is 1.79 bits per heavy atom. The highest BCUT2D eigenvalue weighted by atomic mass is 32.2. The van der Waals surface area contributed by atoms with Gasteiger partial charge in [-0.05, 0) is 24.1 Å². The highest BCUT2D eigenvalue weighted by molar-refractivity contribution is 7.89. The van der Waals surface area contributed by atoms with Gasteiger partial charge in [0.1, 0.15) is 12.4 Å². The van der Waals surface area contributed by atoms with E-state index >= 15 is 0 Å². The lowest BCUT2D eigenvalue weighted by atomic mass is 10.1. The summed E-state index contributed by atoms with van der Waals surface area (Å²) in [4.78, 5) is 4.61. The Bertz CT molecular complexity index is 923. The summed E-state index contributed by atoms with van der Waals surface area (Å²) in [6, 6.07) is 15.3. The van der Waals surface area contributed by atoms with Crippen LogP contribution < -0.4 is 15.4 Å². The molecular weight excluding hydrogens is 386 g/mol. The van der Waals surface area contributed by atoms with Gasteiger partial charge in [-0.15, -0.1) is 0 Å². The second-order valence-corrected chi connectivity index (χ2v) is 8.78. The molecule has 2 N–H and O–H groups in total. The van der Waals surface area contributed by atoms with Crippen molar-refractivity contribution in [2.75, 3.05) is 19.4 Å². The monoisotopic (exact) mass is 415 g/mol. The van der Waals surface area contributed by atoms with E-state index < -0.39 is 9.84 Å². The topological polar surface area (TPSA) is 79.8 Å². The van der Waals surface area contributed by atoms with Crippen LogP contribution in [0.5, 0.6) is 5.75 Å². The maximum absolute atomic E-state index is 11.4. The minimum atomic E-state index is -3.03. The predicted molar refractivity (Wildman–Crippen MR) is 119 cm³/mol. The van der Waals surface area contributed by atoms with Crippen LogP contribution in [0, 0.1) is 0 Å². The Morgan fingerprint density at radius 1 is 1.10 bits per heavy atom. The van der Waals surface area contributed by atoms with Crippen molar-refractivity contribution < 1.29 is 13.2 Å². The van der Waals surface area contributed by atoms with Crippen molar-refractivity contribution in [1.82, 2.24) is 10.6 Å². The van der Waals surface area contributed by atoms with Crippen LogP contribution in [0.3, 0.4) is 0 Å². The molecule has 2 aromatic carbocycles. The Balaban J connectivity index is 2.00. The van der Waals surface area contributed by atoms with E-state index in [-0.39, 0.29) is 5.75 Å². The standard InChI is InChI=1S/C22H29N3O3S/c1-4-14-28-21-9-7-6-8-20(21)16-25-22(23-5-2)24-15-18-10-12-19(13-11-18)17-29(3,26)27/h4,6-13H,1,5,14-17H2,2-3H3,(H2,23,24,25). The van der Waals surface area contributed by atoms with Gasteiger partial charge < -0.3 is 15.4 Å². The van der Waals surface area contributed by atoms with Gasteiger partial charge in [0.15, 0.2) is 15.8 Å². The molecule has 0 aliphatic carbocycles. The molecule has 29 heavy (non-hydrogen) atoms. The quantitative estimate of drug-likeness (QED) is 0.354. The first kappa shape index (κ1) is 22.5. The average molecular weight is 416 g/mol. The summed E-state index contributed by atoms with van der Waals surface area (Å²) in [6.45, 7) is 7.96. The first-order valence-electron chi connectivity index (χ1n) is 9.50. The molecule has 0 amide bonds. The molecule has 0 aromatic heterocycles. The van der Waals surface area contributed by atoms with E-state index in [0.29, 0.717) is 25.7 Å². The second-order valence-electron chi connectivity index (χ2n) is 6.64. The smallest absolute Gasteiger partial charge is 0.191 e. The van der Waals surface area contributed by atoms with Gasteiger partial charge in [-0.3, -0.25) is 0 Å². The summed E-state index contributed by atoms with van der Waals surface area (Å²) in [5, 5.41) is 6.55. The Labute approximate surface area is 173 Å². The van der Waals surface area contributed by atoms with E-state index in [1.54, 1.807) is 6.08 Å². The number of hydrogen-bond donors (Lipinski definition) is 2. The van der Waals surface area contributed by atoms with Gasteiger partial charge in [-0.2, -0.15) is 0 Å². The first-order chi connectivity index (χ1) is 13.9. The average Bonchev–Trinajstić information content (AvgIpc) is 2.69. The summed E-state index contributed by atoms with van der Waals surface area (Å²) in [5.74, 6) is 1.57. The highest BCUT2D eigenvalue weighted by Gasteiger charge is 2.06. The fraction of sp³-hybridized carbons (Fsp3) is 0.318. The van der Waals surface area contributed by atoms with Crippen LogP contribution >= 0.6 is 0 Å². The van der Waals surface area contributed by atoms with Crippen LogP contribution in [0.1, 0.15) is 23.6 Å². The van der Waals surface area contributed by atoms with Crippen LogP contribution in [-0.4, -0.2) is 33.8 Å². The molecule has 0 saturated heterocycles. The van der Waals surface area contributed by atoms with E-state index in [1.165, 1.54) is 6.26 Å². The highest BCUT2D eigenvalue weighted by Crippen LogP contribution is 2.17. The number of ether oxygens (including phenoxy) is 1. The van der Waals surface area contributed by atoms with Crippen LogP contribution in [0.15, 0.2) is 66.2 Å². The van der Waals surface area contributed by atoms with Crippen molar-refractivity contribution in [2.45, 2.75) is 25.8 Å². The molecule has 0 fully saturated rings. The van der Waals surface area contributed by atoms with Gasteiger partial charge in [-0.25, -0.2) is 13.4 Å². The maximum Gasteiger partial charge on any atom is 0.191 e. The number of hydrogen-bond acceptors (Lipinski definition) is 4. The molecule has 0 atom stereocenters. The predicted octanol–water partition coefficient (Wildman–Crippen LogP) is 3.05. The molecule has 0 heterocycles. The molecule has 0 bridgehead atoms. The lowest BCUT2D eigenvalue weighted by Gasteiger charge is -2.14. The van der Waals surface area contributed by atoms with Crippen molar-refractivity contribution >= 4 is 15.8 Å². The summed E-state index contributed by atoms with van der Waals surface area (Å²) in [5.41, 5.74) is 2.82. The number of benzene rings is 2. The van der Waals surface area contributed by atoms with Crippen LogP contribution in [0.25, 0.3) is 0 Å². The number of para-hydroxylation sites is 1. The molecule has 2 aromatic rings. The maximum atomic E-state index is 11.4. The van der Waals surface area contributed by atoms with E-state index in [1.807, 2.05) is 55.5 Å². The molecule has 0 aliphatic heterocycles. The second kappa shape index (κ2) is 11.3. The Kier molecular flexibility index (Phi) is 8.73. The molecule has 7 heteroatoms. The Morgan fingerprint density at radius 3 is 2.45 bits per heavy atom. The zero-order valence-corrected chi connectivity index (χ0v) is 17.8. The molecule has 6 nitrogen and oxygen atoms in total. The number of guanidine groups is 1. The van der Waals surface area contributed by atoms with Crippen molar-refractivity contribution in [3.63, 3.8) is 0 Å². The summed E-state index contributed by atoms with van der Waals surface area (Å²) < 4.78 is 28.5. The summed E-state index contributed by atoms with van der Waals surface area (Å²) in [6.07, 6.45) is 2.96. The molecule has 0 aliphatic rings. The summed E-state index contributed by atoms with van der Waals surface area (Å²) >= 11 is 0. The number of aliphatic imine (C=N–C) groups is 1. The first-order valence-corrected chi connectivity index (χ1v) is 11.6. The zero-order valence-electron chi connectivity index (χ0n) is 17.0. The van der Waals surface area contributed by atoms with E-state index in [4.69, 9.17) is 4.74 Å². The largest absolute Gasteiger partial charge is 0.489 e. The number of nitrogens with zero attached hydrogens (tertiary/aromatic N) is 1. The molecular formula is C22H29N3O3S. The summed E-state index contributed by atoms with van der Waals surface area (Å²) in [7, 11) is -3.03. The lowest BCUT2D eigenvalue weighted by Crippen LogP contribution is -2.36. The van der Waals surface area contributed by atoms with Gasteiger partial charge in [0.2, 0.25) is 0 Å². The van der Waals surface area contributed by atoms with Gasteiger partial charge in [-0.1, -0.05) is 55.1 Å². The molecule has 0 radical (unpaired) electrons. The van der Waals surface area contributed by atoms with E-state index in [9.17, 15) is 8.42 Å². The molecule has 0 unspecified atom stereocenters. The minimum absolute atomic E-state index is 0.0497. The number of nitrogens with one attached hydrogen (secondary N) is 2. The number of sulfone groups is 1. The lowest BCUT2D eigenvalue weighted by molar-refractivity contribution is 0.358. The molecule has 2 rings (SSSR count). The van der Waals surface area contributed by atoms with Gasteiger partial charge in [0.25, 0.3) is 0 Å². The van der Waals surface area contributed by atoms with Crippen molar-refractivity contribution in [2.24, 2.45) is 4.99 Å². The van der Waals surface area contributed by atoms with Crippen LogP contribution in [0.2, 0.25) is 0 Å². The van der Waals surface area contributed by atoms with E-state index in [0.717, 1.165) is 29.0 Å². The molecule has 0 spiro atoms. The van der Waals surface area contributed by atoms with Crippen molar-refractivity contribution in [3.8, 4) is 5.75 Å². The van der Waals surface area contributed by atoms with E-state index in [2.05, 4.69) is 22.2 Å². The third-order valence-electron chi connectivity index (χ3n) is 3.99. The fourth-order valence-electron chi connectivity index (χ4n) is 2.67.